The number of hydrogen-bond donors (Lipinski definition) is 1. The van der Waals surface area contributed by atoms with Gasteiger partial charge in [0.1, 0.15) is 5.82 Å². The van der Waals surface area contributed by atoms with E-state index in [2.05, 4.69) is 35.3 Å². The van der Waals surface area contributed by atoms with E-state index >= 15 is 0 Å². The van der Waals surface area contributed by atoms with E-state index in [0.717, 1.165) is 5.82 Å². The van der Waals surface area contributed by atoms with Crippen molar-refractivity contribution in [1.82, 2.24) is 14.6 Å². The van der Waals surface area contributed by atoms with Crippen molar-refractivity contribution >= 4 is 5.65 Å². The zero-order chi connectivity index (χ0) is 12.5. The van der Waals surface area contributed by atoms with Crippen LogP contribution in [0.25, 0.3) is 5.65 Å². The molecule has 0 aliphatic heterocycles. The van der Waals surface area contributed by atoms with Gasteiger partial charge in [0.2, 0.25) is 5.65 Å². The molecule has 90 valence electrons. The van der Waals surface area contributed by atoms with Crippen molar-refractivity contribution < 1.29 is 5.11 Å². The van der Waals surface area contributed by atoms with Crippen molar-refractivity contribution in [3.63, 3.8) is 0 Å². The monoisotopic (exact) mass is 239 g/mol. The molecular formula is C14H13N3O. The van der Waals surface area contributed by atoms with Crippen LogP contribution in [-0.4, -0.2) is 19.7 Å². The zero-order valence-electron chi connectivity index (χ0n) is 10.0. The van der Waals surface area contributed by atoms with Crippen molar-refractivity contribution in [3.05, 3.63) is 59.5 Å². The third-order valence-corrected chi connectivity index (χ3v) is 2.93. The van der Waals surface area contributed by atoms with Crippen molar-refractivity contribution in [2.45, 2.75) is 13.3 Å². The lowest BCUT2D eigenvalue weighted by Gasteiger charge is -2.02. The molecule has 0 spiro atoms. The molecule has 0 aliphatic rings. The summed E-state index contributed by atoms with van der Waals surface area (Å²) in [7, 11) is 0. The van der Waals surface area contributed by atoms with Crippen LogP contribution in [0.3, 0.4) is 0 Å². The topological polar surface area (TPSA) is 50.4 Å². The summed E-state index contributed by atoms with van der Waals surface area (Å²) < 4.78 is 1.82. The summed E-state index contributed by atoms with van der Waals surface area (Å²) in [6.45, 7) is 2.07. The zero-order valence-corrected chi connectivity index (χ0v) is 10.0. The number of rotatable bonds is 2. The Morgan fingerprint density at radius 2 is 2.06 bits per heavy atom. The van der Waals surface area contributed by atoms with Gasteiger partial charge in [-0.25, -0.2) is 0 Å². The van der Waals surface area contributed by atoms with Gasteiger partial charge in [0, 0.05) is 12.6 Å². The van der Waals surface area contributed by atoms with Crippen molar-refractivity contribution in [3.8, 4) is 5.75 Å². The largest absolute Gasteiger partial charge is 0.504 e. The third-order valence-electron chi connectivity index (χ3n) is 2.93. The predicted molar refractivity (Wildman–Crippen MR) is 68.6 cm³/mol. The van der Waals surface area contributed by atoms with Crippen molar-refractivity contribution in [2.24, 2.45) is 0 Å². The third kappa shape index (κ3) is 1.82. The maximum absolute atomic E-state index is 9.67. The van der Waals surface area contributed by atoms with Gasteiger partial charge in [0.15, 0.2) is 5.75 Å². The van der Waals surface area contributed by atoms with E-state index in [0.29, 0.717) is 12.1 Å². The smallest absolute Gasteiger partial charge is 0.203 e. The number of fused-ring (bicyclic) bond motifs is 1. The molecule has 4 heteroatoms. The van der Waals surface area contributed by atoms with Gasteiger partial charge in [-0.15, -0.1) is 10.2 Å². The van der Waals surface area contributed by atoms with Crippen LogP contribution in [0.5, 0.6) is 5.75 Å². The highest BCUT2D eigenvalue weighted by Gasteiger charge is 2.08. The molecule has 0 fully saturated rings. The summed E-state index contributed by atoms with van der Waals surface area (Å²) in [5, 5.41) is 17.8. The van der Waals surface area contributed by atoms with Gasteiger partial charge >= 0.3 is 0 Å². The highest BCUT2D eigenvalue weighted by atomic mass is 16.3. The van der Waals surface area contributed by atoms with Gasteiger partial charge in [-0.3, -0.25) is 4.40 Å². The predicted octanol–water partition coefficient (Wildman–Crippen LogP) is 2.33. The second kappa shape index (κ2) is 4.14. The normalized spacial score (nSPS) is 10.9. The lowest BCUT2D eigenvalue weighted by atomic mass is 10.1. The quantitative estimate of drug-likeness (QED) is 0.746. The maximum Gasteiger partial charge on any atom is 0.203 e. The molecular weight excluding hydrogens is 226 g/mol. The fourth-order valence-electron chi connectivity index (χ4n) is 2.07. The van der Waals surface area contributed by atoms with Crippen LogP contribution in [-0.2, 0) is 6.42 Å². The Balaban J connectivity index is 2.03. The molecule has 0 radical (unpaired) electrons. The van der Waals surface area contributed by atoms with Crippen LogP contribution < -0.4 is 0 Å². The highest BCUT2D eigenvalue weighted by Crippen LogP contribution is 2.17. The second-order valence-corrected chi connectivity index (χ2v) is 4.37. The Morgan fingerprint density at radius 3 is 2.89 bits per heavy atom. The van der Waals surface area contributed by atoms with Gasteiger partial charge in [-0.05, 0) is 24.6 Å². The molecule has 0 saturated heterocycles. The minimum Gasteiger partial charge on any atom is -0.504 e. The summed E-state index contributed by atoms with van der Waals surface area (Å²) in [6.07, 6.45) is 2.56. The van der Waals surface area contributed by atoms with E-state index in [1.165, 1.54) is 11.1 Å². The molecule has 2 heterocycles. The van der Waals surface area contributed by atoms with Crippen LogP contribution in [0.15, 0.2) is 42.6 Å². The lowest BCUT2D eigenvalue weighted by molar-refractivity contribution is 0.477. The van der Waals surface area contributed by atoms with Crippen LogP contribution >= 0.6 is 0 Å². The number of hydrogen-bond acceptors (Lipinski definition) is 3. The Kier molecular flexibility index (Phi) is 2.48. The van der Waals surface area contributed by atoms with Crippen LogP contribution in [0.2, 0.25) is 0 Å². The molecule has 0 amide bonds. The lowest BCUT2D eigenvalue weighted by Crippen LogP contribution is -1.96. The molecule has 18 heavy (non-hydrogen) atoms. The molecule has 0 aliphatic carbocycles. The van der Waals surface area contributed by atoms with Crippen LogP contribution in [0.1, 0.15) is 17.0 Å². The van der Waals surface area contributed by atoms with Gasteiger partial charge < -0.3 is 5.11 Å². The number of aryl methyl sites for hydroxylation is 1. The number of benzene rings is 1. The Bertz CT molecular complexity index is 703. The summed E-state index contributed by atoms with van der Waals surface area (Å²) in [6, 6.07) is 11.7. The molecule has 1 aromatic carbocycles. The average molecular weight is 239 g/mol. The van der Waals surface area contributed by atoms with Gasteiger partial charge in [0.05, 0.1) is 0 Å². The molecule has 3 rings (SSSR count). The number of aromatic nitrogens is 3. The molecule has 2 aromatic heterocycles. The second-order valence-electron chi connectivity index (χ2n) is 4.37. The van der Waals surface area contributed by atoms with E-state index in [9.17, 15) is 5.11 Å². The summed E-state index contributed by atoms with van der Waals surface area (Å²) >= 11 is 0. The molecule has 1 N–H and O–H groups in total. The van der Waals surface area contributed by atoms with E-state index in [1.54, 1.807) is 12.1 Å². The summed E-state index contributed by atoms with van der Waals surface area (Å²) in [5.74, 6) is 0.979. The van der Waals surface area contributed by atoms with E-state index in [-0.39, 0.29) is 5.75 Å². The minimum atomic E-state index is 0.153. The Hall–Kier alpha value is -2.36. The van der Waals surface area contributed by atoms with Gasteiger partial charge in [-0.2, -0.15) is 0 Å². The van der Waals surface area contributed by atoms with E-state index in [4.69, 9.17) is 0 Å². The van der Waals surface area contributed by atoms with E-state index < -0.39 is 0 Å². The first kappa shape index (κ1) is 10.8. The van der Waals surface area contributed by atoms with Gasteiger partial charge in [-0.1, -0.05) is 29.8 Å². The SMILES string of the molecule is Cc1cccc(Cc2nnc3c(O)cccn23)c1. The molecule has 0 unspecified atom stereocenters. The Labute approximate surface area is 105 Å². The summed E-state index contributed by atoms with van der Waals surface area (Å²) in [4.78, 5) is 0. The van der Waals surface area contributed by atoms with Crippen LogP contribution in [0, 0.1) is 6.92 Å². The molecule has 0 saturated carbocycles. The molecule has 4 nitrogen and oxygen atoms in total. The fourth-order valence-corrected chi connectivity index (χ4v) is 2.07. The Morgan fingerprint density at radius 1 is 1.17 bits per heavy atom. The summed E-state index contributed by atoms with van der Waals surface area (Å²) in [5.41, 5.74) is 2.91. The number of nitrogens with zero attached hydrogens (tertiary/aromatic N) is 3. The molecule has 0 atom stereocenters. The van der Waals surface area contributed by atoms with Gasteiger partial charge in [0.25, 0.3) is 0 Å². The maximum atomic E-state index is 9.67. The van der Waals surface area contributed by atoms with Crippen molar-refractivity contribution in [1.29, 1.82) is 0 Å². The first-order chi connectivity index (χ1) is 8.74. The molecule has 0 bridgehead atoms. The fraction of sp³-hybridized carbons (Fsp3) is 0.143. The average Bonchev–Trinajstić information content (AvgIpc) is 2.74. The van der Waals surface area contributed by atoms with Crippen molar-refractivity contribution in [2.75, 3.05) is 0 Å². The first-order valence-electron chi connectivity index (χ1n) is 5.81. The number of pyridine rings is 1. The van der Waals surface area contributed by atoms with E-state index in [1.807, 2.05) is 16.7 Å². The van der Waals surface area contributed by atoms with Crippen LogP contribution in [0.4, 0.5) is 0 Å². The number of aromatic hydroxyl groups is 1. The minimum absolute atomic E-state index is 0.153. The first-order valence-corrected chi connectivity index (χ1v) is 5.81. The highest BCUT2D eigenvalue weighted by molar-refractivity contribution is 5.52. The standard InChI is InChI=1S/C14H13N3O/c1-10-4-2-5-11(8-10)9-13-15-16-14-12(18)6-3-7-17(13)14/h2-8,18H,9H2,1H3. The molecule has 3 aromatic rings.